The monoisotopic (exact) mass is 427 g/mol. The van der Waals surface area contributed by atoms with Crippen molar-refractivity contribution in [2.24, 2.45) is 5.92 Å². The number of benzene rings is 2. The molecule has 0 amide bonds. The molecular weight excluding hydrogens is 400 g/mol. The van der Waals surface area contributed by atoms with Crippen molar-refractivity contribution in [1.29, 1.82) is 0 Å². The third-order valence-corrected chi connectivity index (χ3v) is 8.84. The van der Waals surface area contributed by atoms with Gasteiger partial charge in [-0.05, 0) is 29.7 Å². The number of nitrogens with one attached hydrogen (secondary N) is 1. The van der Waals surface area contributed by atoms with Gasteiger partial charge in [0.1, 0.15) is 13.0 Å². The summed E-state index contributed by atoms with van der Waals surface area (Å²) in [5, 5.41) is 8.47. The molecule has 1 N–H and O–H groups in total. The molecule has 3 aromatic rings. The van der Waals surface area contributed by atoms with Crippen LogP contribution < -0.4 is 10.9 Å². The van der Waals surface area contributed by atoms with Crippen molar-refractivity contribution in [2.75, 3.05) is 32.0 Å². The smallest absolute Gasteiger partial charge is 0.272 e. The molecule has 1 aliphatic heterocycles. The molecule has 0 bridgehead atoms. The van der Waals surface area contributed by atoms with Crippen molar-refractivity contribution < 1.29 is 8.96 Å². The molecule has 0 spiro atoms. The standard InChI is InChI=1S/C23H27FN3O2P/c1-16(2)15-27-9-11-30(29,12-10-27)22-14-17(7-8-20(22)24)13-21-18-5-3-4-6-19(18)23(28)26-25-21/h3-8,14,16H,9-13,15H2,1-2H3,(H,26,28). The number of aromatic amines is 1. The van der Waals surface area contributed by atoms with Gasteiger partial charge in [-0.2, -0.15) is 5.10 Å². The number of hydrogen-bond donors (Lipinski definition) is 1. The molecule has 1 saturated heterocycles. The van der Waals surface area contributed by atoms with Gasteiger partial charge in [0.05, 0.1) is 11.1 Å². The SMILES string of the molecule is CC(C)CN1CCP(=O)(c2cc(Cc3n[nH]c(=O)c4ccccc34)ccc2F)CC1. The summed E-state index contributed by atoms with van der Waals surface area (Å²) in [6, 6.07) is 12.2. The Kier molecular flexibility index (Phi) is 5.90. The molecule has 5 nitrogen and oxygen atoms in total. The first-order valence-corrected chi connectivity index (χ1v) is 12.5. The lowest BCUT2D eigenvalue weighted by molar-refractivity contribution is 0.263. The van der Waals surface area contributed by atoms with Gasteiger partial charge in [0, 0.05) is 49.1 Å². The minimum Gasteiger partial charge on any atom is -0.318 e. The highest BCUT2D eigenvalue weighted by Gasteiger charge is 2.33. The normalized spacial score (nSPS) is 16.9. The van der Waals surface area contributed by atoms with Crippen LogP contribution in [0.15, 0.2) is 47.3 Å². The summed E-state index contributed by atoms with van der Waals surface area (Å²) in [4.78, 5) is 14.3. The first-order chi connectivity index (χ1) is 14.4. The maximum absolute atomic E-state index is 14.7. The number of H-pyrrole nitrogens is 1. The Balaban J connectivity index is 1.61. The summed E-state index contributed by atoms with van der Waals surface area (Å²) < 4.78 is 28.3. The van der Waals surface area contributed by atoms with Gasteiger partial charge >= 0.3 is 0 Å². The molecular formula is C23H27FN3O2P. The summed E-state index contributed by atoms with van der Waals surface area (Å²) in [6.45, 7) is 6.81. The van der Waals surface area contributed by atoms with E-state index < -0.39 is 13.0 Å². The molecule has 1 fully saturated rings. The summed E-state index contributed by atoms with van der Waals surface area (Å²) >= 11 is 0. The van der Waals surface area contributed by atoms with E-state index in [9.17, 15) is 13.8 Å². The molecule has 0 radical (unpaired) electrons. The molecule has 1 aromatic heterocycles. The van der Waals surface area contributed by atoms with Gasteiger partial charge in [0.2, 0.25) is 0 Å². The van der Waals surface area contributed by atoms with Crippen molar-refractivity contribution in [2.45, 2.75) is 20.3 Å². The van der Waals surface area contributed by atoms with Crippen molar-refractivity contribution in [3.63, 3.8) is 0 Å². The molecule has 2 aromatic carbocycles. The predicted octanol–water partition coefficient (Wildman–Crippen LogP) is 3.61. The summed E-state index contributed by atoms with van der Waals surface area (Å²) in [5.41, 5.74) is 1.33. The molecule has 1 aliphatic rings. The molecule has 0 atom stereocenters. The number of fused-ring (bicyclic) bond motifs is 1. The molecule has 7 heteroatoms. The number of nitrogens with zero attached hydrogens (tertiary/aromatic N) is 2. The highest BCUT2D eigenvalue weighted by Crippen LogP contribution is 2.47. The Hall–Kier alpha value is -2.30. The summed E-state index contributed by atoms with van der Waals surface area (Å²) in [7, 11) is -2.77. The van der Waals surface area contributed by atoms with Crippen molar-refractivity contribution in [3.05, 3.63) is 69.9 Å². The van der Waals surface area contributed by atoms with Gasteiger partial charge in [0.15, 0.2) is 0 Å². The highest BCUT2D eigenvalue weighted by molar-refractivity contribution is 7.71. The highest BCUT2D eigenvalue weighted by atomic mass is 31.2. The van der Waals surface area contributed by atoms with Gasteiger partial charge in [-0.3, -0.25) is 4.79 Å². The molecule has 2 heterocycles. The lowest BCUT2D eigenvalue weighted by atomic mass is 10.0. The zero-order valence-electron chi connectivity index (χ0n) is 17.4. The summed E-state index contributed by atoms with van der Waals surface area (Å²) in [5.74, 6) is 0.167. The van der Waals surface area contributed by atoms with E-state index in [2.05, 4.69) is 28.9 Å². The van der Waals surface area contributed by atoms with Crippen LogP contribution in [0.25, 0.3) is 10.8 Å². The lowest BCUT2D eigenvalue weighted by Gasteiger charge is -2.33. The molecule has 0 aliphatic carbocycles. The third-order valence-electron chi connectivity index (χ3n) is 5.77. The molecule has 4 rings (SSSR count). The molecule has 0 unspecified atom stereocenters. The van der Waals surface area contributed by atoms with Gasteiger partial charge < -0.3 is 9.46 Å². The Morgan fingerprint density at radius 1 is 1.13 bits per heavy atom. The zero-order valence-corrected chi connectivity index (χ0v) is 18.3. The number of halogens is 1. The molecule has 158 valence electrons. The number of aromatic nitrogens is 2. The van der Waals surface area contributed by atoms with Crippen molar-refractivity contribution in [3.8, 4) is 0 Å². The second-order valence-electron chi connectivity index (χ2n) is 8.54. The van der Waals surface area contributed by atoms with Gasteiger partial charge in [-0.25, -0.2) is 9.49 Å². The van der Waals surface area contributed by atoms with Crippen LogP contribution in [0.1, 0.15) is 25.1 Å². The largest absolute Gasteiger partial charge is 0.318 e. The van der Waals surface area contributed by atoms with Crippen molar-refractivity contribution in [1.82, 2.24) is 15.1 Å². The first kappa shape index (κ1) is 21.0. The van der Waals surface area contributed by atoms with E-state index in [1.165, 1.54) is 6.07 Å². The van der Waals surface area contributed by atoms with E-state index in [1.807, 2.05) is 18.2 Å². The van der Waals surface area contributed by atoms with Crippen LogP contribution in [0.5, 0.6) is 0 Å². The maximum atomic E-state index is 14.7. The third kappa shape index (κ3) is 4.26. The van der Waals surface area contributed by atoms with E-state index in [1.54, 1.807) is 18.2 Å². The lowest BCUT2D eigenvalue weighted by Crippen LogP contribution is -2.39. The van der Waals surface area contributed by atoms with E-state index in [0.717, 1.165) is 30.6 Å². The number of rotatable bonds is 5. The van der Waals surface area contributed by atoms with E-state index in [0.29, 0.717) is 41.0 Å². The Morgan fingerprint density at radius 3 is 2.53 bits per heavy atom. The van der Waals surface area contributed by atoms with Crippen LogP contribution in [-0.2, 0) is 11.0 Å². The van der Waals surface area contributed by atoms with E-state index in [-0.39, 0.29) is 5.56 Å². The average Bonchev–Trinajstić information content (AvgIpc) is 2.73. The fourth-order valence-electron chi connectivity index (χ4n) is 4.25. The first-order valence-electron chi connectivity index (χ1n) is 10.4. The quantitative estimate of drug-likeness (QED) is 0.632. The summed E-state index contributed by atoms with van der Waals surface area (Å²) in [6.07, 6.45) is 1.46. The van der Waals surface area contributed by atoms with Crippen LogP contribution in [-0.4, -0.2) is 47.1 Å². The fourth-order valence-corrected chi connectivity index (χ4v) is 7.03. The Morgan fingerprint density at radius 2 is 1.83 bits per heavy atom. The molecule has 0 saturated carbocycles. The van der Waals surface area contributed by atoms with Crippen molar-refractivity contribution >= 4 is 23.2 Å². The van der Waals surface area contributed by atoms with Crippen LogP contribution in [0.2, 0.25) is 0 Å². The van der Waals surface area contributed by atoms with Crippen LogP contribution >= 0.6 is 7.14 Å². The zero-order chi connectivity index (χ0) is 21.3. The second kappa shape index (κ2) is 8.44. The number of hydrogen-bond acceptors (Lipinski definition) is 4. The minimum atomic E-state index is -2.77. The van der Waals surface area contributed by atoms with Crippen LogP contribution in [0.3, 0.4) is 0 Å². The fraction of sp³-hybridized carbons (Fsp3) is 0.391. The van der Waals surface area contributed by atoms with Crippen LogP contribution in [0, 0.1) is 11.7 Å². The second-order valence-corrected chi connectivity index (χ2v) is 11.7. The average molecular weight is 427 g/mol. The predicted molar refractivity (Wildman–Crippen MR) is 120 cm³/mol. The Bertz CT molecular complexity index is 1160. The van der Waals surface area contributed by atoms with Gasteiger partial charge in [0.25, 0.3) is 5.56 Å². The van der Waals surface area contributed by atoms with E-state index >= 15 is 0 Å². The topological polar surface area (TPSA) is 66.1 Å². The minimum absolute atomic E-state index is 0.230. The van der Waals surface area contributed by atoms with Crippen LogP contribution in [0.4, 0.5) is 4.39 Å². The maximum Gasteiger partial charge on any atom is 0.272 e. The van der Waals surface area contributed by atoms with Gasteiger partial charge in [-0.1, -0.05) is 38.1 Å². The Labute approximate surface area is 175 Å². The van der Waals surface area contributed by atoms with Gasteiger partial charge in [-0.15, -0.1) is 0 Å². The van der Waals surface area contributed by atoms with E-state index in [4.69, 9.17) is 0 Å². The molecule has 30 heavy (non-hydrogen) atoms.